The Labute approximate surface area is 123 Å². The van der Waals surface area contributed by atoms with Crippen molar-refractivity contribution >= 4 is 5.69 Å². The number of methoxy groups -OCH3 is 1. The standard InChI is InChI=1S/C16H16N4O/c1-21-16-7-3-5-14(19-16)11-18-13-4-2-6-15(10-13)20-9-8-17-12-20/h2-10,12,18H,11H2,1H3. The number of anilines is 1. The molecule has 21 heavy (non-hydrogen) atoms. The van der Waals surface area contributed by atoms with Crippen LogP contribution >= 0.6 is 0 Å². The first-order chi connectivity index (χ1) is 10.3. The molecular weight excluding hydrogens is 264 g/mol. The fourth-order valence-corrected chi connectivity index (χ4v) is 2.05. The first-order valence-electron chi connectivity index (χ1n) is 6.67. The summed E-state index contributed by atoms with van der Waals surface area (Å²) in [5, 5.41) is 3.36. The largest absolute Gasteiger partial charge is 0.481 e. The maximum absolute atomic E-state index is 5.13. The van der Waals surface area contributed by atoms with Gasteiger partial charge in [-0.05, 0) is 24.3 Å². The Balaban J connectivity index is 1.72. The average molecular weight is 280 g/mol. The molecule has 0 radical (unpaired) electrons. The number of nitrogens with zero attached hydrogens (tertiary/aromatic N) is 3. The van der Waals surface area contributed by atoms with E-state index in [9.17, 15) is 0 Å². The molecule has 0 fully saturated rings. The lowest BCUT2D eigenvalue weighted by Gasteiger charge is -2.09. The Bertz CT molecular complexity index is 710. The van der Waals surface area contributed by atoms with Crippen molar-refractivity contribution < 1.29 is 4.74 Å². The van der Waals surface area contributed by atoms with Crippen LogP contribution in [0.5, 0.6) is 5.88 Å². The molecule has 5 heteroatoms. The summed E-state index contributed by atoms with van der Waals surface area (Å²) < 4.78 is 7.09. The summed E-state index contributed by atoms with van der Waals surface area (Å²) in [7, 11) is 1.62. The van der Waals surface area contributed by atoms with Crippen LogP contribution in [-0.4, -0.2) is 21.6 Å². The average Bonchev–Trinajstić information content (AvgIpc) is 3.08. The van der Waals surface area contributed by atoms with Gasteiger partial charge >= 0.3 is 0 Å². The minimum Gasteiger partial charge on any atom is -0.481 e. The third-order valence-corrected chi connectivity index (χ3v) is 3.11. The predicted octanol–water partition coefficient (Wildman–Crippen LogP) is 2.89. The molecule has 0 spiro atoms. The quantitative estimate of drug-likeness (QED) is 0.780. The zero-order chi connectivity index (χ0) is 14.5. The Morgan fingerprint density at radius 1 is 1.19 bits per heavy atom. The third kappa shape index (κ3) is 3.20. The molecule has 0 atom stereocenters. The summed E-state index contributed by atoms with van der Waals surface area (Å²) in [5.74, 6) is 0.626. The zero-order valence-corrected chi connectivity index (χ0v) is 11.7. The van der Waals surface area contributed by atoms with E-state index in [1.165, 1.54) is 0 Å². The van der Waals surface area contributed by atoms with Gasteiger partial charge in [0.1, 0.15) is 0 Å². The van der Waals surface area contributed by atoms with Crippen molar-refractivity contribution in [3.8, 4) is 11.6 Å². The van der Waals surface area contributed by atoms with E-state index >= 15 is 0 Å². The molecule has 5 nitrogen and oxygen atoms in total. The minimum absolute atomic E-state index is 0.626. The topological polar surface area (TPSA) is 52.0 Å². The van der Waals surface area contributed by atoms with Crippen molar-refractivity contribution in [3.63, 3.8) is 0 Å². The van der Waals surface area contributed by atoms with Gasteiger partial charge < -0.3 is 14.6 Å². The number of hydrogen-bond donors (Lipinski definition) is 1. The van der Waals surface area contributed by atoms with E-state index in [4.69, 9.17) is 4.74 Å². The maximum atomic E-state index is 5.13. The Morgan fingerprint density at radius 2 is 2.10 bits per heavy atom. The van der Waals surface area contributed by atoms with Gasteiger partial charge in [-0.2, -0.15) is 0 Å². The van der Waals surface area contributed by atoms with E-state index in [2.05, 4.69) is 21.4 Å². The third-order valence-electron chi connectivity index (χ3n) is 3.11. The molecule has 0 unspecified atom stereocenters. The number of imidazole rings is 1. The highest BCUT2D eigenvalue weighted by Crippen LogP contribution is 2.15. The predicted molar refractivity (Wildman–Crippen MR) is 81.7 cm³/mol. The molecule has 1 N–H and O–H groups in total. The van der Waals surface area contributed by atoms with Crippen LogP contribution in [0, 0.1) is 0 Å². The number of pyridine rings is 1. The lowest BCUT2D eigenvalue weighted by molar-refractivity contribution is 0.396. The molecule has 0 saturated carbocycles. The Kier molecular flexibility index (Phi) is 3.82. The summed E-state index contributed by atoms with van der Waals surface area (Å²) in [6.45, 7) is 0.643. The van der Waals surface area contributed by atoms with Crippen LogP contribution in [-0.2, 0) is 6.54 Å². The van der Waals surface area contributed by atoms with Crippen LogP contribution in [0.15, 0.2) is 61.2 Å². The first-order valence-corrected chi connectivity index (χ1v) is 6.67. The van der Waals surface area contributed by atoms with Crippen LogP contribution < -0.4 is 10.1 Å². The van der Waals surface area contributed by atoms with Crippen LogP contribution in [0.25, 0.3) is 5.69 Å². The number of aromatic nitrogens is 3. The van der Waals surface area contributed by atoms with Gasteiger partial charge in [0.05, 0.1) is 25.7 Å². The smallest absolute Gasteiger partial charge is 0.213 e. The van der Waals surface area contributed by atoms with Crippen molar-refractivity contribution in [1.82, 2.24) is 14.5 Å². The highest BCUT2D eigenvalue weighted by atomic mass is 16.5. The molecule has 0 aliphatic heterocycles. The van der Waals surface area contributed by atoms with E-state index in [1.54, 1.807) is 19.6 Å². The molecular formula is C16H16N4O. The molecule has 1 aromatic carbocycles. The van der Waals surface area contributed by atoms with Gasteiger partial charge in [-0.25, -0.2) is 9.97 Å². The van der Waals surface area contributed by atoms with Crippen LogP contribution in [0.3, 0.4) is 0 Å². The zero-order valence-electron chi connectivity index (χ0n) is 11.7. The summed E-state index contributed by atoms with van der Waals surface area (Å²) in [6.07, 6.45) is 5.46. The molecule has 2 heterocycles. The molecule has 0 aliphatic carbocycles. The SMILES string of the molecule is COc1cccc(CNc2cccc(-n3ccnc3)c2)n1. The van der Waals surface area contributed by atoms with Gasteiger partial charge in [0.15, 0.2) is 0 Å². The van der Waals surface area contributed by atoms with Gasteiger partial charge in [-0.3, -0.25) is 0 Å². The summed E-state index contributed by atoms with van der Waals surface area (Å²) in [5.41, 5.74) is 3.03. The highest BCUT2D eigenvalue weighted by molar-refractivity contribution is 5.51. The highest BCUT2D eigenvalue weighted by Gasteiger charge is 2.00. The van der Waals surface area contributed by atoms with E-state index in [-0.39, 0.29) is 0 Å². The van der Waals surface area contributed by atoms with Gasteiger partial charge in [-0.1, -0.05) is 12.1 Å². The molecule has 0 aliphatic rings. The van der Waals surface area contributed by atoms with Crippen LogP contribution in [0.4, 0.5) is 5.69 Å². The monoisotopic (exact) mass is 280 g/mol. The van der Waals surface area contributed by atoms with Crippen molar-refractivity contribution in [3.05, 3.63) is 66.9 Å². The summed E-state index contributed by atoms with van der Waals surface area (Å²) in [6, 6.07) is 13.9. The van der Waals surface area contributed by atoms with Crippen LogP contribution in [0.1, 0.15) is 5.69 Å². The van der Waals surface area contributed by atoms with E-state index < -0.39 is 0 Å². The second-order valence-corrected chi connectivity index (χ2v) is 4.55. The van der Waals surface area contributed by atoms with Crippen molar-refractivity contribution in [2.45, 2.75) is 6.54 Å². The van der Waals surface area contributed by atoms with Crippen LogP contribution in [0.2, 0.25) is 0 Å². The number of rotatable bonds is 5. The van der Waals surface area contributed by atoms with Crippen molar-refractivity contribution in [1.29, 1.82) is 0 Å². The number of nitrogens with one attached hydrogen (secondary N) is 1. The molecule has 0 bridgehead atoms. The Hall–Kier alpha value is -2.82. The second-order valence-electron chi connectivity index (χ2n) is 4.55. The van der Waals surface area contributed by atoms with Gasteiger partial charge in [-0.15, -0.1) is 0 Å². The number of hydrogen-bond acceptors (Lipinski definition) is 4. The fraction of sp³-hybridized carbons (Fsp3) is 0.125. The fourth-order valence-electron chi connectivity index (χ4n) is 2.05. The summed E-state index contributed by atoms with van der Waals surface area (Å²) >= 11 is 0. The molecule has 0 saturated heterocycles. The number of benzene rings is 1. The molecule has 2 aromatic heterocycles. The second kappa shape index (κ2) is 6.09. The van der Waals surface area contributed by atoms with Crippen molar-refractivity contribution in [2.75, 3.05) is 12.4 Å². The Morgan fingerprint density at radius 3 is 2.90 bits per heavy atom. The number of ether oxygens (including phenoxy) is 1. The normalized spacial score (nSPS) is 10.3. The molecule has 3 aromatic rings. The van der Waals surface area contributed by atoms with E-state index in [1.807, 2.05) is 47.2 Å². The van der Waals surface area contributed by atoms with E-state index in [0.717, 1.165) is 17.1 Å². The minimum atomic E-state index is 0.626. The van der Waals surface area contributed by atoms with Gasteiger partial charge in [0.2, 0.25) is 5.88 Å². The maximum Gasteiger partial charge on any atom is 0.213 e. The molecule has 106 valence electrons. The van der Waals surface area contributed by atoms with Gasteiger partial charge in [0, 0.05) is 29.8 Å². The van der Waals surface area contributed by atoms with E-state index in [0.29, 0.717) is 12.4 Å². The molecule has 0 amide bonds. The van der Waals surface area contributed by atoms with Crippen molar-refractivity contribution in [2.24, 2.45) is 0 Å². The van der Waals surface area contributed by atoms with Gasteiger partial charge in [0.25, 0.3) is 0 Å². The first kappa shape index (κ1) is 13.2. The molecule has 3 rings (SSSR count). The summed E-state index contributed by atoms with van der Waals surface area (Å²) in [4.78, 5) is 8.44. The lowest BCUT2D eigenvalue weighted by Crippen LogP contribution is -2.03. The lowest BCUT2D eigenvalue weighted by atomic mass is 10.2.